The van der Waals surface area contributed by atoms with E-state index in [-0.39, 0.29) is 0 Å². The Morgan fingerprint density at radius 3 is 2.22 bits per heavy atom. The van der Waals surface area contributed by atoms with Crippen LogP contribution < -0.4 is 9.47 Å². The number of nitrogens with one attached hydrogen (secondary N) is 2. The van der Waals surface area contributed by atoms with Crippen LogP contribution in [0.15, 0.2) is 48.8 Å². The van der Waals surface area contributed by atoms with E-state index in [9.17, 15) is 0 Å². The number of fused-ring (bicyclic) bond motifs is 2. The molecule has 0 amide bonds. The van der Waals surface area contributed by atoms with Crippen LogP contribution in [-0.4, -0.2) is 48.7 Å². The van der Waals surface area contributed by atoms with Gasteiger partial charge in [0.05, 0.1) is 14.2 Å². The van der Waals surface area contributed by atoms with Crippen molar-refractivity contribution in [3.8, 4) is 11.5 Å². The number of unbranched alkanes of at least 4 members (excludes halogenated alkanes) is 1. The zero-order chi connectivity index (χ0) is 21.9. The fourth-order valence-electron chi connectivity index (χ4n) is 5.20. The third-order valence-electron chi connectivity index (χ3n) is 7.09. The number of aromatic amines is 2. The topological polar surface area (TPSA) is 53.3 Å². The van der Waals surface area contributed by atoms with Crippen LogP contribution in [0.1, 0.15) is 42.7 Å². The summed E-state index contributed by atoms with van der Waals surface area (Å²) in [4.78, 5) is 9.48. The summed E-state index contributed by atoms with van der Waals surface area (Å²) in [5, 5.41) is 2.61. The second-order valence-corrected chi connectivity index (χ2v) is 8.95. The average Bonchev–Trinajstić information content (AvgIpc) is 3.45. The summed E-state index contributed by atoms with van der Waals surface area (Å²) < 4.78 is 10.8. The molecule has 1 aliphatic heterocycles. The molecule has 3 heterocycles. The summed E-state index contributed by atoms with van der Waals surface area (Å²) in [7, 11) is 3.47. The molecule has 4 aromatic rings. The lowest BCUT2D eigenvalue weighted by atomic mass is 9.89. The van der Waals surface area contributed by atoms with E-state index in [1.165, 1.54) is 78.3 Å². The van der Waals surface area contributed by atoms with Gasteiger partial charge in [-0.25, -0.2) is 0 Å². The zero-order valence-electron chi connectivity index (χ0n) is 19.1. The third-order valence-corrected chi connectivity index (χ3v) is 7.09. The van der Waals surface area contributed by atoms with Gasteiger partial charge in [-0.1, -0.05) is 0 Å². The molecule has 32 heavy (non-hydrogen) atoms. The lowest BCUT2D eigenvalue weighted by molar-refractivity contribution is 0.209. The summed E-state index contributed by atoms with van der Waals surface area (Å²) >= 11 is 0. The summed E-state index contributed by atoms with van der Waals surface area (Å²) in [5.41, 5.74) is 5.25. The van der Waals surface area contributed by atoms with Crippen molar-refractivity contribution in [1.82, 2.24) is 14.9 Å². The summed E-state index contributed by atoms with van der Waals surface area (Å²) in [6.45, 7) is 3.57. The highest BCUT2D eigenvalue weighted by Gasteiger charge is 2.22. The largest absolute Gasteiger partial charge is 0.497 e. The van der Waals surface area contributed by atoms with Gasteiger partial charge in [-0.05, 0) is 105 Å². The van der Waals surface area contributed by atoms with Gasteiger partial charge in [0, 0.05) is 34.2 Å². The Labute approximate surface area is 189 Å². The Morgan fingerprint density at radius 2 is 1.50 bits per heavy atom. The molecule has 0 aliphatic carbocycles. The Balaban J connectivity index is 1.11. The number of likely N-dealkylation sites (tertiary alicyclic amines) is 1. The van der Waals surface area contributed by atoms with E-state index in [0.29, 0.717) is 5.92 Å². The van der Waals surface area contributed by atoms with E-state index < -0.39 is 0 Å². The van der Waals surface area contributed by atoms with Crippen molar-refractivity contribution in [2.24, 2.45) is 0 Å². The Bertz CT molecular complexity index is 1180. The number of H-pyrrole nitrogens is 2. The fraction of sp³-hybridized carbons (Fsp3) is 0.407. The van der Waals surface area contributed by atoms with E-state index in [0.717, 1.165) is 17.9 Å². The second-order valence-electron chi connectivity index (χ2n) is 8.95. The van der Waals surface area contributed by atoms with Gasteiger partial charge in [0.2, 0.25) is 0 Å². The molecule has 0 saturated carbocycles. The first-order valence-corrected chi connectivity index (χ1v) is 11.8. The van der Waals surface area contributed by atoms with Crippen LogP contribution in [-0.2, 0) is 6.42 Å². The molecule has 0 radical (unpaired) electrons. The number of rotatable bonds is 8. The molecule has 1 saturated heterocycles. The highest BCUT2D eigenvalue weighted by atomic mass is 16.5. The Hall–Kier alpha value is -2.92. The molecular formula is C27H33N3O2. The van der Waals surface area contributed by atoms with Crippen molar-refractivity contribution in [3.05, 3.63) is 59.9 Å². The van der Waals surface area contributed by atoms with E-state index in [4.69, 9.17) is 9.47 Å². The van der Waals surface area contributed by atoms with Gasteiger partial charge in [0.15, 0.2) is 0 Å². The maximum absolute atomic E-state index is 5.44. The minimum absolute atomic E-state index is 0.633. The summed E-state index contributed by atoms with van der Waals surface area (Å²) in [5.74, 6) is 2.49. The summed E-state index contributed by atoms with van der Waals surface area (Å²) in [6, 6.07) is 12.6. The molecule has 0 atom stereocenters. The predicted octanol–water partition coefficient (Wildman–Crippen LogP) is 5.87. The molecule has 2 aromatic heterocycles. The monoisotopic (exact) mass is 431 g/mol. The van der Waals surface area contributed by atoms with Crippen molar-refractivity contribution in [3.63, 3.8) is 0 Å². The second kappa shape index (κ2) is 9.29. The van der Waals surface area contributed by atoms with Gasteiger partial charge in [0.1, 0.15) is 11.5 Å². The highest BCUT2D eigenvalue weighted by molar-refractivity contribution is 5.85. The first-order chi connectivity index (χ1) is 15.7. The molecule has 2 aromatic carbocycles. The summed E-state index contributed by atoms with van der Waals surface area (Å²) in [6.07, 6.45) is 10.4. The first kappa shape index (κ1) is 21.0. The standard InChI is InChI=1S/C27H33N3O2/c1-31-21-6-8-26-23(15-21)20(17-28-26)5-3-4-12-30-13-10-19(11-14-30)25-18-29-27-9-7-22(32-2)16-24(25)27/h6-9,15-19,28-29H,3-5,10-14H2,1-2H3. The molecule has 0 bridgehead atoms. The zero-order valence-corrected chi connectivity index (χ0v) is 19.1. The minimum atomic E-state index is 0.633. The van der Waals surface area contributed by atoms with Gasteiger partial charge in [-0.2, -0.15) is 0 Å². The predicted molar refractivity (Wildman–Crippen MR) is 131 cm³/mol. The molecule has 1 aliphatic rings. The van der Waals surface area contributed by atoms with E-state index in [1.807, 2.05) is 12.1 Å². The number of ether oxygens (including phenoxy) is 2. The van der Waals surface area contributed by atoms with Crippen molar-refractivity contribution < 1.29 is 9.47 Å². The van der Waals surface area contributed by atoms with Crippen LogP contribution in [0.2, 0.25) is 0 Å². The smallest absolute Gasteiger partial charge is 0.119 e. The average molecular weight is 432 g/mol. The Kier molecular flexibility index (Phi) is 6.08. The minimum Gasteiger partial charge on any atom is -0.497 e. The molecule has 5 heteroatoms. The van der Waals surface area contributed by atoms with Gasteiger partial charge in [-0.15, -0.1) is 0 Å². The van der Waals surface area contributed by atoms with Crippen molar-refractivity contribution >= 4 is 21.8 Å². The normalized spacial score (nSPS) is 15.6. The molecule has 2 N–H and O–H groups in total. The number of nitrogens with zero attached hydrogens (tertiary/aromatic N) is 1. The lowest BCUT2D eigenvalue weighted by Crippen LogP contribution is -2.33. The van der Waals surface area contributed by atoms with Crippen LogP contribution in [0.5, 0.6) is 11.5 Å². The van der Waals surface area contributed by atoms with E-state index in [1.54, 1.807) is 14.2 Å². The number of aromatic nitrogens is 2. The molecule has 0 unspecified atom stereocenters. The highest BCUT2D eigenvalue weighted by Crippen LogP contribution is 2.34. The number of piperidine rings is 1. The number of benzene rings is 2. The van der Waals surface area contributed by atoms with E-state index in [2.05, 4.69) is 51.5 Å². The van der Waals surface area contributed by atoms with Crippen LogP contribution in [0.3, 0.4) is 0 Å². The maximum atomic E-state index is 5.44. The lowest BCUT2D eigenvalue weighted by Gasteiger charge is -2.32. The fourth-order valence-corrected chi connectivity index (χ4v) is 5.20. The van der Waals surface area contributed by atoms with Crippen LogP contribution in [0.25, 0.3) is 21.8 Å². The van der Waals surface area contributed by atoms with Gasteiger partial charge in [0.25, 0.3) is 0 Å². The maximum Gasteiger partial charge on any atom is 0.119 e. The van der Waals surface area contributed by atoms with Gasteiger partial charge >= 0.3 is 0 Å². The van der Waals surface area contributed by atoms with Gasteiger partial charge in [-0.3, -0.25) is 0 Å². The van der Waals surface area contributed by atoms with Crippen molar-refractivity contribution in [1.29, 1.82) is 0 Å². The molecule has 0 spiro atoms. The number of aryl methyl sites for hydroxylation is 1. The molecule has 5 nitrogen and oxygen atoms in total. The molecule has 5 rings (SSSR count). The van der Waals surface area contributed by atoms with Crippen LogP contribution in [0.4, 0.5) is 0 Å². The number of hydrogen-bond acceptors (Lipinski definition) is 3. The Morgan fingerprint density at radius 1 is 0.844 bits per heavy atom. The quantitative estimate of drug-likeness (QED) is 0.343. The SMILES string of the molecule is COc1ccc2[nH]cc(CCCCN3CCC(c4c[nH]c5ccc(OC)cc45)CC3)c2c1. The molecular weight excluding hydrogens is 398 g/mol. The van der Waals surface area contributed by atoms with Crippen molar-refractivity contribution in [2.75, 3.05) is 33.9 Å². The van der Waals surface area contributed by atoms with Gasteiger partial charge < -0.3 is 24.3 Å². The van der Waals surface area contributed by atoms with Crippen molar-refractivity contribution in [2.45, 2.75) is 38.0 Å². The molecule has 1 fully saturated rings. The molecule has 168 valence electrons. The third kappa shape index (κ3) is 4.22. The van der Waals surface area contributed by atoms with Crippen LogP contribution >= 0.6 is 0 Å². The van der Waals surface area contributed by atoms with Crippen LogP contribution in [0, 0.1) is 0 Å². The van der Waals surface area contributed by atoms with E-state index >= 15 is 0 Å². The number of methoxy groups -OCH3 is 2. The number of hydrogen-bond donors (Lipinski definition) is 2. The first-order valence-electron chi connectivity index (χ1n) is 11.8.